The van der Waals surface area contributed by atoms with E-state index in [-0.39, 0.29) is 36.1 Å². The highest BCUT2D eigenvalue weighted by Gasteiger charge is 2.53. The molecule has 2 fully saturated rings. The lowest BCUT2D eigenvalue weighted by Gasteiger charge is -2.54. The number of carbonyl (C=O) groups excluding carboxylic acids is 2. The van der Waals surface area contributed by atoms with Crippen LogP contribution in [-0.2, 0) is 19.0 Å². The van der Waals surface area contributed by atoms with Gasteiger partial charge in [-0.25, -0.2) is 4.79 Å². The van der Waals surface area contributed by atoms with Crippen molar-refractivity contribution in [3.05, 3.63) is 35.4 Å². The summed E-state index contributed by atoms with van der Waals surface area (Å²) in [6.45, 7) is 16.2. The summed E-state index contributed by atoms with van der Waals surface area (Å²) < 4.78 is 30.5. The molecular formula is C34H51NO7. The van der Waals surface area contributed by atoms with Crippen LogP contribution in [0, 0.1) is 11.8 Å². The summed E-state index contributed by atoms with van der Waals surface area (Å²) in [6.07, 6.45) is 7.43. The van der Waals surface area contributed by atoms with E-state index in [9.17, 15) is 9.59 Å². The maximum absolute atomic E-state index is 12.9. The molecule has 0 radical (unpaired) electrons. The van der Waals surface area contributed by atoms with Gasteiger partial charge in [0.2, 0.25) is 0 Å². The molecule has 3 aliphatic rings. The van der Waals surface area contributed by atoms with Gasteiger partial charge in [-0.2, -0.15) is 0 Å². The maximum Gasteiger partial charge on any atom is 0.410 e. The van der Waals surface area contributed by atoms with Gasteiger partial charge in [0.1, 0.15) is 22.7 Å². The number of esters is 1. The van der Waals surface area contributed by atoms with Crippen LogP contribution in [0.15, 0.2) is 29.8 Å². The summed E-state index contributed by atoms with van der Waals surface area (Å²) in [5.41, 5.74) is 1.42. The van der Waals surface area contributed by atoms with E-state index in [0.29, 0.717) is 32.7 Å². The average molecular weight is 586 g/mol. The zero-order valence-corrected chi connectivity index (χ0v) is 26.7. The highest BCUT2D eigenvalue weighted by Crippen LogP contribution is 2.55. The fourth-order valence-corrected chi connectivity index (χ4v) is 6.44. The molecule has 0 unspecified atom stereocenters. The highest BCUT2D eigenvalue weighted by atomic mass is 16.6. The number of ether oxygens (including phenoxy) is 5. The van der Waals surface area contributed by atoms with Gasteiger partial charge in [0.15, 0.2) is 0 Å². The van der Waals surface area contributed by atoms with Gasteiger partial charge < -0.3 is 28.6 Å². The lowest BCUT2D eigenvalue weighted by atomic mass is 9.68. The number of fused-ring (bicyclic) bond motifs is 4. The molecule has 3 heterocycles. The number of unbranched alkanes of at least 4 members (excludes halogenated alkanes) is 1. The summed E-state index contributed by atoms with van der Waals surface area (Å²) in [7, 11) is 0. The molecule has 0 spiro atoms. The van der Waals surface area contributed by atoms with E-state index in [4.69, 9.17) is 23.7 Å². The highest BCUT2D eigenvalue weighted by molar-refractivity contribution is 5.69. The molecule has 0 bridgehead atoms. The molecule has 1 aromatic carbocycles. The molecule has 0 saturated carbocycles. The van der Waals surface area contributed by atoms with Gasteiger partial charge in [-0.1, -0.05) is 11.6 Å². The first-order chi connectivity index (χ1) is 19.9. The Morgan fingerprint density at radius 3 is 2.69 bits per heavy atom. The van der Waals surface area contributed by atoms with Crippen LogP contribution in [0.5, 0.6) is 11.5 Å². The molecule has 0 N–H and O–H groups in total. The minimum atomic E-state index is -0.521. The van der Waals surface area contributed by atoms with Gasteiger partial charge >= 0.3 is 12.1 Å². The summed E-state index contributed by atoms with van der Waals surface area (Å²) in [5.74, 6) is 1.84. The number of piperidine rings is 1. The smallest absolute Gasteiger partial charge is 0.410 e. The Bertz CT molecular complexity index is 1120. The molecule has 3 aliphatic heterocycles. The van der Waals surface area contributed by atoms with E-state index in [1.807, 2.05) is 44.7 Å². The molecule has 234 valence electrons. The first-order valence-electron chi connectivity index (χ1n) is 15.8. The Kier molecular flexibility index (Phi) is 10.5. The van der Waals surface area contributed by atoms with Crippen molar-refractivity contribution in [3.63, 3.8) is 0 Å². The summed E-state index contributed by atoms with van der Waals surface area (Å²) in [4.78, 5) is 26.3. The van der Waals surface area contributed by atoms with Crippen molar-refractivity contribution in [1.82, 2.24) is 4.90 Å². The topological polar surface area (TPSA) is 83.5 Å². The predicted molar refractivity (Wildman–Crippen MR) is 162 cm³/mol. The minimum absolute atomic E-state index is 0.0744. The molecule has 0 aliphatic carbocycles. The zero-order chi connectivity index (χ0) is 30.5. The Labute approximate surface area is 252 Å². The minimum Gasteiger partial charge on any atom is -0.494 e. The van der Waals surface area contributed by atoms with Crippen molar-refractivity contribution >= 4 is 12.1 Å². The monoisotopic (exact) mass is 585 g/mol. The first-order valence-corrected chi connectivity index (χ1v) is 15.8. The normalized spacial score (nSPS) is 26.6. The zero-order valence-electron chi connectivity index (χ0n) is 26.7. The van der Waals surface area contributed by atoms with E-state index in [1.165, 1.54) is 5.57 Å². The van der Waals surface area contributed by atoms with Crippen LogP contribution in [0.25, 0.3) is 0 Å². The third-order valence-corrected chi connectivity index (χ3v) is 8.52. The Morgan fingerprint density at radius 2 is 1.98 bits per heavy atom. The van der Waals surface area contributed by atoms with Gasteiger partial charge in [-0.05, 0) is 105 Å². The largest absolute Gasteiger partial charge is 0.494 e. The number of rotatable bonds is 10. The molecule has 2 saturated heterocycles. The first kappa shape index (κ1) is 32.2. The van der Waals surface area contributed by atoms with Gasteiger partial charge in [0.05, 0.1) is 25.4 Å². The molecule has 1 aromatic rings. The van der Waals surface area contributed by atoms with E-state index in [2.05, 4.69) is 32.9 Å². The molecular weight excluding hydrogens is 534 g/mol. The SMILES string of the molecule is CCOC(=O)CCCCOc1ccc2c(c1)[C@H]1O[C@H]3CCN(C(=O)OC(C)(C)C)C[C@@H]3C[C@@H]1[C@@](C)(CCC=C(C)C)O2. The molecule has 4 rings (SSSR count). The fraction of sp³-hybridized carbons (Fsp3) is 0.706. The second kappa shape index (κ2) is 13.7. The van der Waals surface area contributed by atoms with E-state index in [1.54, 1.807) is 0 Å². The van der Waals surface area contributed by atoms with Crippen molar-refractivity contribution < 1.29 is 33.3 Å². The number of carbonyl (C=O) groups is 2. The van der Waals surface area contributed by atoms with Crippen molar-refractivity contribution in [2.75, 3.05) is 26.3 Å². The van der Waals surface area contributed by atoms with Crippen LogP contribution < -0.4 is 9.47 Å². The van der Waals surface area contributed by atoms with Crippen LogP contribution in [0.2, 0.25) is 0 Å². The third kappa shape index (κ3) is 8.21. The summed E-state index contributed by atoms with van der Waals surface area (Å²) in [6, 6.07) is 6.05. The lowest BCUT2D eigenvalue weighted by molar-refractivity contribution is -0.191. The quantitative estimate of drug-likeness (QED) is 0.161. The number of amides is 1. The van der Waals surface area contributed by atoms with Crippen LogP contribution in [-0.4, -0.2) is 60.6 Å². The Morgan fingerprint density at radius 1 is 1.19 bits per heavy atom. The van der Waals surface area contributed by atoms with Gasteiger partial charge in [0, 0.05) is 36.9 Å². The number of hydrogen-bond acceptors (Lipinski definition) is 7. The number of hydrogen-bond donors (Lipinski definition) is 0. The van der Waals surface area contributed by atoms with E-state index >= 15 is 0 Å². The van der Waals surface area contributed by atoms with Crippen LogP contribution in [0.1, 0.15) is 105 Å². The van der Waals surface area contributed by atoms with Crippen LogP contribution in [0.3, 0.4) is 0 Å². The number of likely N-dealkylation sites (tertiary alicyclic amines) is 1. The number of benzene rings is 1. The average Bonchev–Trinajstić information content (AvgIpc) is 2.91. The van der Waals surface area contributed by atoms with Gasteiger partial charge in [0.25, 0.3) is 0 Å². The molecule has 42 heavy (non-hydrogen) atoms. The second-order valence-corrected chi connectivity index (χ2v) is 13.5. The summed E-state index contributed by atoms with van der Waals surface area (Å²) in [5, 5.41) is 0. The predicted octanol–water partition coefficient (Wildman–Crippen LogP) is 7.40. The third-order valence-electron chi connectivity index (χ3n) is 8.52. The van der Waals surface area contributed by atoms with E-state index < -0.39 is 11.2 Å². The molecule has 0 aromatic heterocycles. The molecule has 1 amide bonds. The Hall–Kier alpha value is -2.74. The van der Waals surface area contributed by atoms with Crippen LogP contribution >= 0.6 is 0 Å². The molecule has 5 atom stereocenters. The van der Waals surface area contributed by atoms with E-state index in [0.717, 1.165) is 55.6 Å². The van der Waals surface area contributed by atoms with Crippen LogP contribution in [0.4, 0.5) is 4.79 Å². The van der Waals surface area contributed by atoms with Gasteiger partial charge in [-0.3, -0.25) is 4.79 Å². The van der Waals surface area contributed by atoms with Crippen molar-refractivity contribution in [1.29, 1.82) is 0 Å². The van der Waals surface area contributed by atoms with Gasteiger partial charge in [-0.15, -0.1) is 0 Å². The number of nitrogens with zero attached hydrogens (tertiary/aromatic N) is 1. The van der Waals surface area contributed by atoms with Crippen molar-refractivity contribution in [3.8, 4) is 11.5 Å². The number of allylic oxidation sites excluding steroid dienone is 2. The summed E-state index contributed by atoms with van der Waals surface area (Å²) >= 11 is 0. The second-order valence-electron chi connectivity index (χ2n) is 13.5. The van der Waals surface area contributed by atoms with Crippen molar-refractivity contribution in [2.24, 2.45) is 11.8 Å². The molecule has 8 heteroatoms. The maximum atomic E-state index is 12.9. The lowest BCUT2D eigenvalue weighted by Crippen LogP contribution is -2.57. The standard InChI is InChI=1S/C34H51NO7/c1-8-38-30(36)13-9-10-19-39-25-14-15-29-26(21-25)31-27(34(7,41-29)17-11-12-23(2)3)20-24-22-35(18-16-28(24)40-31)32(37)42-33(4,5)6/h12,14-15,21,24,27-28,31H,8-11,13,16-20,22H2,1-7H3/t24-,27-,28-,31+,34+/m0/s1. The Balaban J connectivity index is 1.49. The fourth-order valence-electron chi connectivity index (χ4n) is 6.44. The molecule has 8 nitrogen and oxygen atoms in total. The van der Waals surface area contributed by atoms with Crippen molar-refractivity contribution in [2.45, 2.75) is 117 Å².